The average Bonchev–Trinajstić information content (AvgIpc) is 2.26. The van der Waals surface area contributed by atoms with Gasteiger partial charge in [0.15, 0.2) is 0 Å². The zero-order valence-corrected chi connectivity index (χ0v) is 3.68. The summed E-state index contributed by atoms with van der Waals surface area (Å²) in [6, 6.07) is 5.75. The van der Waals surface area contributed by atoms with Crippen LogP contribution in [0.15, 0.2) is 18.2 Å². The monoisotopic (exact) mass is 92.0 g/mol. The minimum absolute atomic E-state index is 0.488. The van der Waals surface area contributed by atoms with Crippen LogP contribution < -0.4 is 0 Å². The van der Waals surface area contributed by atoms with Gasteiger partial charge in [-0.2, -0.15) is 0 Å². The molecule has 0 aromatic heterocycles. The second kappa shape index (κ2) is 0.668. The van der Waals surface area contributed by atoms with Crippen LogP contribution >= 0.6 is 0 Å². The van der Waals surface area contributed by atoms with Crippen LogP contribution in [0, 0.1) is 0 Å². The highest BCUT2D eigenvalue weighted by Gasteiger charge is 2.21. The molecule has 2 aliphatic rings. The zero-order valence-electron chi connectivity index (χ0n) is 3.68. The van der Waals surface area contributed by atoms with Gasteiger partial charge in [-0.25, -0.2) is 0 Å². The Bertz CT molecular complexity index is 195. The maximum absolute atomic E-state index is 8.71. The summed E-state index contributed by atoms with van der Waals surface area (Å²) in [5.74, 6) is 0.488. The fraction of sp³-hybridized carbons (Fsp3) is 0. The zero-order chi connectivity index (χ0) is 4.85. The summed E-state index contributed by atoms with van der Waals surface area (Å²) in [6.07, 6.45) is 0. The Morgan fingerprint density at radius 1 is 1.14 bits per heavy atom. The number of rotatable bonds is 0. The molecule has 1 N–H and O–H groups in total. The maximum atomic E-state index is 8.71. The molecule has 0 atom stereocenters. The summed E-state index contributed by atoms with van der Waals surface area (Å²) in [7, 11) is 0. The summed E-state index contributed by atoms with van der Waals surface area (Å²) in [6.45, 7) is 0. The lowest BCUT2D eigenvalue weighted by atomic mass is 10.6. The van der Waals surface area contributed by atoms with Crippen molar-refractivity contribution >= 4 is 0 Å². The van der Waals surface area contributed by atoms with Gasteiger partial charge >= 0.3 is 0 Å². The Balaban J connectivity index is 2.78. The minimum atomic E-state index is 0.488. The molecule has 1 nitrogen and oxygen atoms in total. The van der Waals surface area contributed by atoms with Crippen molar-refractivity contribution in [1.29, 1.82) is 0 Å². The van der Waals surface area contributed by atoms with Gasteiger partial charge in [-0.15, -0.1) is 0 Å². The van der Waals surface area contributed by atoms with Crippen LogP contribution in [0.3, 0.4) is 0 Å². The third-order valence-corrected chi connectivity index (χ3v) is 1.26. The van der Waals surface area contributed by atoms with Gasteiger partial charge in [0.1, 0.15) is 5.75 Å². The molecular formula is C6H4O. The molecule has 0 aromatic rings. The van der Waals surface area contributed by atoms with E-state index in [2.05, 4.69) is 0 Å². The van der Waals surface area contributed by atoms with E-state index >= 15 is 0 Å². The highest BCUT2D eigenvalue weighted by molar-refractivity contribution is 5.94. The van der Waals surface area contributed by atoms with Crippen LogP contribution in [0.4, 0.5) is 0 Å². The molecule has 0 amide bonds. The van der Waals surface area contributed by atoms with E-state index < -0.39 is 0 Å². The fourth-order valence-electron chi connectivity index (χ4n) is 0.784. The first-order valence-corrected chi connectivity index (χ1v) is 2.22. The van der Waals surface area contributed by atoms with E-state index in [1.807, 2.05) is 18.2 Å². The van der Waals surface area contributed by atoms with Gasteiger partial charge in [-0.1, -0.05) is 18.2 Å². The van der Waals surface area contributed by atoms with Crippen molar-refractivity contribution in [2.24, 2.45) is 0 Å². The molecule has 0 spiro atoms. The van der Waals surface area contributed by atoms with Gasteiger partial charge in [-0.3, -0.25) is 0 Å². The summed E-state index contributed by atoms with van der Waals surface area (Å²) in [4.78, 5) is 0. The van der Waals surface area contributed by atoms with Crippen LogP contribution in [0.25, 0.3) is 11.1 Å². The predicted octanol–water partition coefficient (Wildman–Crippen LogP) is 1.37. The lowest BCUT2D eigenvalue weighted by molar-refractivity contribution is 0.495. The second-order valence-corrected chi connectivity index (χ2v) is 1.70. The number of fused-ring (bicyclic) bond motifs is 1. The minimum Gasteiger partial charge on any atom is -0.507 e. The molecule has 34 valence electrons. The van der Waals surface area contributed by atoms with Crippen molar-refractivity contribution in [1.82, 2.24) is 0 Å². The first kappa shape index (κ1) is 3.08. The van der Waals surface area contributed by atoms with Gasteiger partial charge < -0.3 is 5.11 Å². The summed E-state index contributed by atoms with van der Waals surface area (Å²) in [5, 5.41) is 8.71. The van der Waals surface area contributed by atoms with Gasteiger partial charge in [0.2, 0.25) is 0 Å². The largest absolute Gasteiger partial charge is 0.507 e. The smallest absolute Gasteiger partial charge is 0.131 e. The quantitative estimate of drug-likeness (QED) is 0.520. The van der Waals surface area contributed by atoms with Gasteiger partial charge in [0, 0.05) is 11.1 Å². The lowest BCUT2D eigenvalue weighted by Gasteiger charge is -1.60. The first-order chi connectivity index (χ1) is 3.39. The van der Waals surface area contributed by atoms with Crippen LogP contribution in [-0.2, 0) is 0 Å². The molecule has 2 aliphatic carbocycles. The maximum Gasteiger partial charge on any atom is 0.131 e. The van der Waals surface area contributed by atoms with Gasteiger partial charge in [-0.05, 0) is 0 Å². The molecule has 1 heteroatoms. The summed E-state index contributed by atoms with van der Waals surface area (Å²) < 4.78 is 0. The molecule has 0 bridgehead atoms. The predicted molar refractivity (Wildman–Crippen MR) is 27.1 cm³/mol. The molecule has 0 saturated carbocycles. The van der Waals surface area contributed by atoms with E-state index in [-0.39, 0.29) is 0 Å². The van der Waals surface area contributed by atoms with Crippen molar-refractivity contribution < 1.29 is 5.11 Å². The molecular weight excluding hydrogens is 88.1 g/mol. The van der Waals surface area contributed by atoms with Crippen molar-refractivity contribution in [2.75, 3.05) is 0 Å². The summed E-state index contributed by atoms with van der Waals surface area (Å²) in [5.41, 5.74) is 2.06. The van der Waals surface area contributed by atoms with E-state index in [4.69, 9.17) is 5.11 Å². The molecule has 0 unspecified atom stereocenters. The average molecular weight is 92.1 g/mol. The molecule has 0 saturated heterocycles. The van der Waals surface area contributed by atoms with E-state index in [0.717, 1.165) is 11.1 Å². The van der Waals surface area contributed by atoms with Crippen molar-refractivity contribution in [3.05, 3.63) is 18.2 Å². The number of phenolic OH excluding ortho intramolecular Hbond substituents is 1. The summed E-state index contributed by atoms with van der Waals surface area (Å²) >= 11 is 0. The number of hydrogen-bond acceptors (Lipinski definition) is 1. The molecule has 0 aliphatic heterocycles. The Kier molecular flexibility index (Phi) is 0.294. The molecule has 7 heavy (non-hydrogen) atoms. The van der Waals surface area contributed by atoms with Crippen molar-refractivity contribution in [2.45, 2.75) is 0 Å². The van der Waals surface area contributed by atoms with E-state index in [9.17, 15) is 0 Å². The van der Waals surface area contributed by atoms with Crippen LogP contribution in [-0.4, -0.2) is 5.11 Å². The van der Waals surface area contributed by atoms with Crippen LogP contribution in [0.1, 0.15) is 0 Å². The van der Waals surface area contributed by atoms with Gasteiger partial charge in [0.25, 0.3) is 0 Å². The normalized spacial score (nSPS) is 11.4. The number of para-hydroxylation sites is 1. The Labute approximate surface area is 41.2 Å². The Morgan fingerprint density at radius 3 is 2.00 bits per heavy atom. The third kappa shape index (κ3) is 0.203. The molecule has 0 aromatic carbocycles. The lowest BCUT2D eigenvalue weighted by Crippen LogP contribution is -1.33. The Morgan fingerprint density at radius 2 is 1.71 bits per heavy atom. The molecule has 0 heterocycles. The number of hydrogen-bond donors (Lipinski definition) is 1. The molecule has 0 fully saturated rings. The highest BCUT2D eigenvalue weighted by atomic mass is 16.3. The topological polar surface area (TPSA) is 20.2 Å². The van der Waals surface area contributed by atoms with E-state index in [1.165, 1.54) is 0 Å². The fourth-order valence-corrected chi connectivity index (χ4v) is 0.784. The molecule has 2 rings (SSSR count). The number of aromatic hydroxyl groups is 1. The van der Waals surface area contributed by atoms with Crippen LogP contribution in [0.2, 0.25) is 0 Å². The Hall–Kier alpha value is -0.980. The van der Waals surface area contributed by atoms with E-state index in [0.29, 0.717) is 5.75 Å². The SMILES string of the molecule is Oc1c2cccc1-2. The highest BCUT2D eigenvalue weighted by Crippen LogP contribution is 2.49. The van der Waals surface area contributed by atoms with Gasteiger partial charge in [0.05, 0.1) is 0 Å². The van der Waals surface area contributed by atoms with Crippen LogP contribution in [0.5, 0.6) is 5.75 Å². The van der Waals surface area contributed by atoms with E-state index in [1.54, 1.807) is 0 Å². The first-order valence-electron chi connectivity index (χ1n) is 2.22. The second-order valence-electron chi connectivity index (χ2n) is 1.70. The number of benzene rings is 1. The van der Waals surface area contributed by atoms with Crippen molar-refractivity contribution in [3.8, 4) is 16.9 Å². The number of phenols is 1. The third-order valence-electron chi connectivity index (χ3n) is 1.26. The molecule has 0 radical (unpaired) electrons. The van der Waals surface area contributed by atoms with Crippen molar-refractivity contribution in [3.63, 3.8) is 0 Å². The standard InChI is InChI=1S/C6H4O/c7-6-4-2-1-3-5(4)6/h1-3,7H.